The van der Waals surface area contributed by atoms with Gasteiger partial charge in [-0.3, -0.25) is 0 Å². The van der Waals surface area contributed by atoms with Crippen LogP contribution < -0.4 is 5.32 Å². The first kappa shape index (κ1) is 14.1. The normalized spacial score (nSPS) is 15.8. The molecular formula is C16H17BrFNS. The number of hydrogen-bond acceptors (Lipinski definition) is 2. The Kier molecular flexibility index (Phi) is 4.13. The lowest BCUT2D eigenvalue weighted by atomic mass is 9.99. The van der Waals surface area contributed by atoms with E-state index in [0.717, 1.165) is 4.47 Å². The molecular weight excluding hydrogens is 337 g/mol. The average molecular weight is 354 g/mol. The monoisotopic (exact) mass is 353 g/mol. The van der Waals surface area contributed by atoms with Crippen LogP contribution in [0.15, 0.2) is 28.7 Å². The number of aryl methyl sites for hydroxylation is 2. The first-order valence-electron chi connectivity index (χ1n) is 6.96. The Hall–Kier alpha value is -0.870. The van der Waals surface area contributed by atoms with Crippen LogP contribution in [-0.4, -0.2) is 0 Å². The van der Waals surface area contributed by atoms with Crippen molar-refractivity contribution >= 4 is 33.0 Å². The third-order valence-electron chi connectivity index (χ3n) is 3.75. The first-order chi connectivity index (χ1) is 9.63. The molecule has 0 bridgehead atoms. The highest BCUT2D eigenvalue weighted by Gasteiger charge is 2.17. The minimum Gasteiger partial charge on any atom is -0.375 e. The molecule has 20 heavy (non-hydrogen) atoms. The van der Waals surface area contributed by atoms with Gasteiger partial charge in [0.05, 0.1) is 11.7 Å². The molecule has 1 unspecified atom stereocenters. The molecule has 1 aromatic heterocycles. The van der Waals surface area contributed by atoms with Gasteiger partial charge in [-0.15, -0.1) is 11.3 Å². The summed E-state index contributed by atoms with van der Waals surface area (Å²) in [6, 6.07) is 7.57. The number of nitrogens with one attached hydrogen (secondary N) is 1. The highest BCUT2D eigenvalue weighted by Crippen LogP contribution is 2.34. The zero-order valence-corrected chi connectivity index (χ0v) is 13.8. The summed E-state index contributed by atoms with van der Waals surface area (Å²) in [5.74, 6) is -0.215. The van der Waals surface area contributed by atoms with E-state index in [2.05, 4.69) is 34.2 Å². The van der Waals surface area contributed by atoms with E-state index in [1.54, 1.807) is 6.07 Å². The first-order valence-corrected chi connectivity index (χ1v) is 8.57. The molecule has 0 spiro atoms. The molecule has 1 N–H and O–H groups in total. The summed E-state index contributed by atoms with van der Waals surface area (Å²) in [4.78, 5) is 2.83. The fourth-order valence-corrected chi connectivity index (χ4v) is 4.23. The van der Waals surface area contributed by atoms with Crippen molar-refractivity contribution in [2.24, 2.45) is 0 Å². The van der Waals surface area contributed by atoms with Gasteiger partial charge in [0.1, 0.15) is 5.82 Å². The Bertz CT molecular complexity index is 599. The molecule has 0 fully saturated rings. The molecule has 0 amide bonds. The van der Waals surface area contributed by atoms with Gasteiger partial charge in [-0.25, -0.2) is 4.39 Å². The molecule has 106 valence electrons. The highest BCUT2D eigenvalue weighted by atomic mass is 79.9. The van der Waals surface area contributed by atoms with Gasteiger partial charge in [0.25, 0.3) is 0 Å². The fraction of sp³-hybridized carbons (Fsp3) is 0.375. The van der Waals surface area contributed by atoms with Gasteiger partial charge in [-0.05, 0) is 62.4 Å². The summed E-state index contributed by atoms with van der Waals surface area (Å²) in [5.41, 5.74) is 2.06. The van der Waals surface area contributed by atoms with Gasteiger partial charge in [0.15, 0.2) is 0 Å². The topological polar surface area (TPSA) is 12.0 Å². The van der Waals surface area contributed by atoms with E-state index < -0.39 is 0 Å². The van der Waals surface area contributed by atoms with Crippen LogP contribution in [-0.2, 0) is 12.8 Å². The summed E-state index contributed by atoms with van der Waals surface area (Å²) < 4.78 is 14.6. The van der Waals surface area contributed by atoms with E-state index in [1.165, 1.54) is 47.1 Å². The zero-order chi connectivity index (χ0) is 14.1. The lowest BCUT2D eigenvalue weighted by molar-refractivity contribution is 0.627. The number of fused-ring (bicyclic) bond motifs is 1. The molecule has 0 aliphatic heterocycles. The van der Waals surface area contributed by atoms with E-state index in [0.29, 0.717) is 5.69 Å². The van der Waals surface area contributed by atoms with Gasteiger partial charge in [0, 0.05) is 14.2 Å². The number of thiophene rings is 1. The number of benzene rings is 1. The third-order valence-corrected chi connectivity index (χ3v) is 5.66. The second kappa shape index (κ2) is 5.86. The van der Waals surface area contributed by atoms with Crippen molar-refractivity contribution in [2.45, 2.75) is 38.6 Å². The van der Waals surface area contributed by atoms with Crippen molar-refractivity contribution in [1.82, 2.24) is 0 Å². The van der Waals surface area contributed by atoms with Crippen LogP contribution in [0.3, 0.4) is 0 Å². The second-order valence-electron chi connectivity index (χ2n) is 5.29. The fourth-order valence-electron chi connectivity index (χ4n) is 2.64. The van der Waals surface area contributed by atoms with E-state index >= 15 is 0 Å². The van der Waals surface area contributed by atoms with Crippen LogP contribution in [0.2, 0.25) is 0 Å². The quantitative estimate of drug-likeness (QED) is 0.745. The summed E-state index contributed by atoms with van der Waals surface area (Å²) >= 11 is 5.16. The van der Waals surface area contributed by atoms with Crippen LogP contribution in [0.25, 0.3) is 0 Å². The summed E-state index contributed by atoms with van der Waals surface area (Å²) in [6.07, 6.45) is 5.01. The lowest BCUT2D eigenvalue weighted by Gasteiger charge is -2.14. The molecule has 2 aromatic rings. The molecule has 1 aromatic carbocycles. The highest BCUT2D eigenvalue weighted by molar-refractivity contribution is 9.10. The minimum atomic E-state index is -0.215. The van der Waals surface area contributed by atoms with Crippen LogP contribution in [0.5, 0.6) is 0 Å². The van der Waals surface area contributed by atoms with E-state index in [1.807, 2.05) is 17.4 Å². The van der Waals surface area contributed by atoms with Gasteiger partial charge in [-0.1, -0.05) is 15.9 Å². The van der Waals surface area contributed by atoms with Crippen LogP contribution in [0, 0.1) is 5.82 Å². The largest absolute Gasteiger partial charge is 0.375 e. The van der Waals surface area contributed by atoms with Crippen LogP contribution in [0.1, 0.15) is 41.1 Å². The van der Waals surface area contributed by atoms with Crippen molar-refractivity contribution in [1.29, 1.82) is 0 Å². The maximum Gasteiger partial charge on any atom is 0.147 e. The maximum absolute atomic E-state index is 13.9. The van der Waals surface area contributed by atoms with Crippen molar-refractivity contribution in [3.05, 3.63) is 49.9 Å². The molecule has 0 saturated heterocycles. The summed E-state index contributed by atoms with van der Waals surface area (Å²) in [5, 5.41) is 3.28. The Morgan fingerprint density at radius 2 is 2.05 bits per heavy atom. The standard InChI is InChI=1S/C16H17BrFNS/c1-10(19-14-7-6-12(17)9-13(14)18)16-8-11-4-2-3-5-15(11)20-16/h6-10,19H,2-5H2,1H3. The van der Waals surface area contributed by atoms with Crippen molar-refractivity contribution in [3.8, 4) is 0 Å². The molecule has 1 nitrogen and oxygen atoms in total. The SMILES string of the molecule is CC(Nc1ccc(Br)cc1F)c1cc2c(s1)CCCC2. The third kappa shape index (κ3) is 2.91. The molecule has 3 rings (SSSR count). The summed E-state index contributed by atoms with van der Waals surface area (Å²) in [6.45, 7) is 2.10. The Balaban J connectivity index is 1.78. The molecule has 1 atom stereocenters. The summed E-state index contributed by atoms with van der Waals surface area (Å²) in [7, 11) is 0. The Morgan fingerprint density at radius 1 is 1.25 bits per heavy atom. The maximum atomic E-state index is 13.9. The molecule has 0 saturated carbocycles. The molecule has 1 aliphatic carbocycles. The second-order valence-corrected chi connectivity index (χ2v) is 7.38. The van der Waals surface area contributed by atoms with Crippen molar-refractivity contribution in [2.75, 3.05) is 5.32 Å². The Morgan fingerprint density at radius 3 is 2.80 bits per heavy atom. The predicted molar refractivity (Wildman–Crippen MR) is 87.1 cm³/mol. The van der Waals surface area contributed by atoms with E-state index in [9.17, 15) is 4.39 Å². The van der Waals surface area contributed by atoms with Gasteiger partial charge < -0.3 is 5.32 Å². The Labute approximate surface area is 131 Å². The van der Waals surface area contributed by atoms with Crippen molar-refractivity contribution < 1.29 is 4.39 Å². The molecule has 1 heterocycles. The lowest BCUT2D eigenvalue weighted by Crippen LogP contribution is -2.06. The van der Waals surface area contributed by atoms with Crippen molar-refractivity contribution in [3.63, 3.8) is 0 Å². The van der Waals surface area contributed by atoms with Gasteiger partial charge in [-0.2, -0.15) is 0 Å². The average Bonchev–Trinajstić information content (AvgIpc) is 2.86. The molecule has 0 radical (unpaired) electrons. The van der Waals surface area contributed by atoms with Gasteiger partial charge >= 0.3 is 0 Å². The molecule has 4 heteroatoms. The number of rotatable bonds is 3. The zero-order valence-electron chi connectivity index (χ0n) is 11.4. The minimum absolute atomic E-state index is 0.140. The van der Waals surface area contributed by atoms with Crippen LogP contribution in [0.4, 0.5) is 10.1 Å². The van der Waals surface area contributed by atoms with E-state index in [-0.39, 0.29) is 11.9 Å². The number of hydrogen-bond donors (Lipinski definition) is 1. The van der Waals surface area contributed by atoms with E-state index in [4.69, 9.17) is 0 Å². The predicted octanol–water partition coefficient (Wildman–Crippen LogP) is 5.70. The smallest absolute Gasteiger partial charge is 0.147 e. The number of halogens is 2. The number of anilines is 1. The van der Waals surface area contributed by atoms with Crippen LogP contribution >= 0.6 is 27.3 Å². The van der Waals surface area contributed by atoms with Gasteiger partial charge in [0.2, 0.25) is 0 Å². The molecule has 1 aliphatic rings.